The zero-order valence-electron chi connectivity index (χ0n) is 14.3. The molecule has 3 rings (SSSR count). The summed E-state index contributed by atoms with van der Waals surface area (Å²) in [6.45, 7) is 3.93. The molecule has 0 saturated heterocycles. The molecule has 0 bridgehead atoms. The Labute approximate surface area is 146 Å². The van der Waals surface area contributed by atoms with Crippen LogP contribution in [0, 0.1) is 6.92 Å². The highest BCUT2D eigenvalue weighted by atomic mass is 16.5. The summed E-state index contributed by atoms with van der Waals surface area (Å²) >= 11 is 0. The van der Waals surface area contributed by atoms with Gasteiger partial charge in [-0.05, 0) is 26.0 Å². The molecule has 1 unspecified atom stereocenters. The van der Waals surface area contributed by atoms with Gasteiger partial charge in [0.2, 0.25) is 17.6 Å². The molecular weight excluding hydrogens is 316 g/mol. The van der Waals surface area contributed by atoms with Gasteiger partial charge >= 0.3 is 0 Å². The summed E-state index contributed by atoms with van der Waals surface area (Å²) in [5.74, 6) is 0.918. The van der Waals surface area contributed by atoms with Crippen LogP contribution in [0.3, 0.4) is 0 Å². The Morgan fingerprint density at radius 2 is 2.00 bits per heavy atom. The molecule has 0 saturated carbocycles. The Hall–Kier alpha value is -3.02. The maximum atomic E-state index is 12.1. The quantitative estimate of drug-likeness (QED) is 0.747. The molecule has 1 aromatic carbocycles. The molecule has 6 heteroatoms. The molecule has 0 aliphatic heterocycles. The standard InChI is InChI=1S/C19H20N4O2/c1-13-6-8-15(9-7-13)19-22-18(25-23-19)11-10-17(24)21-14(2)16-5-3-4-12-20-16/h3-9,12,14H,10-11H2,1-2H3,(H,21,24). The lowest BCUT2D eigenvalue weighted by atomic mass is 10.1. The maximum Gasteiger partial charge on any atom is 0.227 e. The molecule has 2 aromatic heterocycles. The number of aryl methyl sites for hydroxylation is 2. The Morgan fingerprint density at radius 1 is 1.20 bits per heavy atom. The molecule has 0 aliphatic carbocycles. The third-order valence-corrected chi connectivity index (χ3v) is 3.85. The number of amides is 1. The smallest absolute Gasteiger partial charge is 0.227 e. The second kappa shape index (κ2) is 7.70. The lowest BCUT2D eigenvalue weighted by molar-refractivity contribution is -0.121. The van der Waals surface area contributed by atoms with Gasteiger partial charge in [-0.15, -0.1) is 0 Å². The number of rotatable bonds is 6. The zero-order valence-corrected chi connectivity index (χ0v) is 14.3. The first-order valence-electron chi connectivity index (χ1n) is 8.22. The Kier molecular flexibility index (Phi) is 5.18. The van der Waals surface area contributed by atoms with Crippen molar-refractivity contribution in [1.29, 1.82) is 0 Å². The van der Waals surface area contributed by atoms with E-state index in [-0.39, 0.29) is 18.4 Å². The minimum Gasteiger partial charge on any atom is -0.348 e. The summed E-state index contributed by atoms with van der Waals surface area (Å²) in [6, 6.07) is 13.4. The topological polar surface area (TPSA) is 80.9 Å². The second-order valence-corrected chi connectivity index (χ2v) is 5.92. The molecular formula is C19H20N4O2. The highest BCUT2D eigenvalue weighted by molar-refractivity contribution is 5.76. The van der Waals surface area contributed by atoms with Gasteiger partial charge in [-0.2, -0.15) is 4.98 Å². The van der Waals surface area contributed by atoms with Crippen LogP contribution in [0.1, 0.15) is 36.5 Å². The molecule has 0 radical (unpaired) electrons. The first kappa shape index (κ1) is 16.8. The van der Waals surface area contributed by atoms with E-state index >= 15 is 0 Å². The van der Waals surface area contributed by atoms with Crippen molar-refractivity contribution in [3.05, 3.63) is 65.8 Å². The van der Waals surface area contributed by atoms with Gasteiger partial charge in [0.05, 0.1) is 11.7 Å². The van der Waals surface area contributed by atoms with Crippen molar-refractivity contribution in [3.63, 3.8) is 0 Å². The number of nitrogens with zero attached hydrogens (tertiary/aromatic N) is 3. The average molecular weight is 336 g/mol. The van der Waals surface area contributed by atoms with Crippen molar-refractivity contribution >= 4 is 5.91 Å². The predicted molar refractivity (Wildman–Crippen MR) is 93.6 cm³/mol. The summed E-state index contributed by atoms with van der Waals surface area (Å²) in [5.41, 5.74) is 2.90. The highest BCUT2D eigenvalue weighted by Crippen LogP contribution is 2.17. The van der Waals surface area contributed by atoms with Crippen LogP contribution >= 0.6 is 0 Å². The number of hydrogen-bond acceptors (Lipinski definition) is 5. The number of carbonyl (C=O) groups excluding carboxylic acids is 1. The third kappa shape index (κ3) is 4.50. The zero-order chi connectivity index (χ0) is 17.6. The van der Waals surface area contributed by atoms with Gasteiger partial charge in [0, 0.05) is 24.6 Å². The van der Waals surface area contributed by atoms with E-state index in [4.69, 9.17) is 4.52 Å². The van der Waals surface area contributed by atoms with Gasteiger partial charge in [0.1, 0.15) is 0 Å². The fourth-order valence-electron chi connectivity index (χ4n) is 2.42. The minimum atomic E-state index is -0.139. The van der Waals surface area contributed by atoms with Gasteiger partial charge in [-0.3, -0.25) is 9.78 Å². The van der Waals surface area contributed by atoms with Gasteiger partial charge in [-0.1, -0.05) is 41.1 Å². The van der Waals surface area contributed by atoms with Gasteiger partial charge < -0.3 is 9.84 Å². The van der Waals surface area contributed by atoms with E-state index in [0.717, 1.165) is 11.3 Å². The largest absolute Gasteiger partial charge is 0.348 e. The van der Waals surface area contributed by atoms with Gasteiger partial charge in [0.25, 0.3) is 0 Å². The fourth-order valence-corrected chi connectivity index (χ4v) is 2.42. The molecule has 25 heavy (non-hydrogen) atoms. The first-order valence-corrected chi connectivity index (χ1v) is 8.22. The normalized spacial score (nSPS) is 11.9. The molecule has 0 spiro atoms. The molecule has 0 aliphatic rings. The van der Waals surface area contributed by atoms with Crippen molar-refractivity contribution in [3.8, 4) is 11.4 Å². The number of nitrogens with one attached hydrogen (secondary N) is 1. The number of pyridine rings is 1. The number of aromatic nitrogens is 3. The van der Waals surface area contributed by atoms with Crippen molar-refractivity contribution in [2.45, 2.75) is 32.7 Å². The first-order chi connectivity index (χ1) is 12.1. The second-order valence-electron chi connectivity index (χ2n) is 5.92. The van der Waals surface area contributed by atoms with E-state index in [2.05, 4.69) is 20.4 Å². The number of carbonyl (C=O) groups is 1. The van der Waals surface area contributed by atoms with E-state index in [0.29, 0.717) is 18.1 Å². The SMILES string of the molecule is Cc1ccc(-c2noc(CCC(=O)NC(C)c3ccccn3)n2)cc1. The van der Waals surface area contributed by atoms with Crippen LogP contribution < -0.4 is 5.32 Å². The monoisotopic (exact) mass is 336 g/mol. The Morgan fingerprint density at radius 3 is 2.72 bits per heavy atom. The molecule has 128 valence electrons. The van der Waals surface area contributed by atoms with Crippen LogP contribution in [0.5, 0.6) is 0 Å². The van der Waals surface area contributed by atoms with E-state index in [1.165, 1.54) is 5.56 Å². The van der Waals surface area contributed by atoms with Crippen LogP contribution in [0.25, 0.3) is 11.4 Å². The molecule has 2 heterocycles. The van der Waals surface area contributed by atoms with Crippen molar-refractivity contribution in [2.75, 3.05) is 0 Å². The average Bonchev–Trinajstić information content (AvgIpc) is 3.10. The van der Waals surface area contributed by atoms with Crippen molar-refractivity contribution < 1.29 is 9.32 Å². The van der Waals surface area contributed by atoms with Gasteiger partial charge in [0.15, 0.2) is 0 Å². The summed E-state index contributed by atoms with van der Waals surface area (Å²) in [7, 11) is 0. The number of hydrogen-bond donors (Lipinski definition) is 1. The molecule has 1 atom stereocenters. The summed E-state index contributed by atoms with van der Waals surface area (Å²) in [5, 5.41) is 6.89. The predicted octanol–water partition coefficient (Wildman–Crippen LogP) is 3.25. The molecule has 0 fully saturated rings. The third-order valence-electron chi connectivity index (χ3n) is 3.85. The maximum absolute atomic E-state index is 12.1. The number of benzene rings is 1. The molecule has 1 amide bonds. The molecule has 3 aromatic rings. The van der Waals surface area contributed by atoms with Crippen molar-refractivity contribution in [1.82, 2.24) is 20.4 Å². The summed E-state index contributed by atoms with van der Waals surface area (Å²) in [4.78, 5) is 20.7. The van der Waals surface area contributed by atoms with Crippen LogP contribution in [0.4, 0.5) is 0 Å². The lowest BCUT2D eigenvalue weighted by Crippen LogP contribution is -2.27. The van der Waals surface area contributed by atoms with Crippen LogP contribution in [-0.4, -0.2) is 21.0 Å². The fraction of sp³-hybridized carbons (Fsp3) is 0.263. The van der Waals surface area contributed by atoms with Crippen molar-refractivity contribution in [2.24, 2.45) is 0 Å². The van der Waals surface area contributed by atoms with E-state index in [1.807, 2.05) is 56.3 Å². The Bertz CT molecular complexity index is 828. The van der Waals surface area contributed by atoms with Crippen LogP contribution in [0.2, 0.25) is 0 Å². The van der Waals surface area contributed by atoms with E-state index < -0.39 is 0 Å². The van der Waals surface area contributed by atoms with Gasteiger partial charge in [-0.25, -0.2) is 0 Å². The van der Waals surface area contributed by atoms with Crippen LogP contribution in [0.15, 0.2) is 53.2 Å². The lowest BCUT2D eigenvalue weighted by Gasteiger charge is -2.12. The summed E-state index contributed by atoms with van der Waals surface area (Å²) < 4.78 is 5.24. The molecule has 1 N–H and O–H groups in total. The van der Waals surface area contributed by atoms with E-state index in [1.54, 1.807) is 6.20 Å². The minimum absolute atomic E-state index is 0.0757. The van der Waals surface area contributed by atoms with E-state index in [9.17, 15) is 4.79 Å². The highest BCUT2D eigenvalue weighted by Gasteiger charge is 2.13. The van der Waals surface area contributed by atoms with Crippen LogP contribution in [-0.2, 0) is 11.2 Å². The molecule has 6 nitrogen and oxygen atoms in total. The Balaban J connectivity index is 1.53. The summed E-state index contributed by atoms with van der Waals surface area (Å²) in [6.07, 6.45) is 2.40.